The summed E-state index contributed by atoms with van der Waals surface area (Å²) in [5.41, 5.74) is 0. The normalized spacial score (nSPS) is 11.9. The number of carbonyl (C=O) groups is 1. The van der Waals surface area contributed by atoms with Gasteiger partial charge in [0.1, 0.15) is 12.4 Å². The molecule has 0 spiro atoms. The van der Waals surface area contributed by atoms with Crippen LogP contribution in [0.4, 0.5) is 4.39 Å². The summed E-state index contributed by atoms with van der Waals surface area (Å²) < 4.78 is 34.4. The second-order valence-corrected chi connectivity index (χ2v) is 4.93. The molecule has 0 aromatic heterocycles. The van der Waals surface area contributed by atoms with Crippen molar-refractivity contribution in [3.8, 4) is 23.0 Å². The van der Waals surface area contributed by atoms with E-state index in [1.165, 1.54) is 12.1 Å². The van der Waals surface area contributed by atoms with Crippen molar-refractivity contribution >= 4 is 5.91 Å². The molecule has 0 saturated carbocycles. The second-order valence-electron chi connectivity index (χ2n) is 4.93. The Morgan fingerprint density at radius 1 is 1.12 bits per heavy atom. The van der Waals surface area contributed by atoms with E-state index < -0.39 is 5.82 Å². The lowest BCUT2D eigenvalue weighted by Gasteiger charge is -2.09. The zero-order valence-corrected chi connectivity index (χ0v) is 12.8. The van der Waals surface area contributed by atoms with E-state index >= 15 is 0 Å². The van der Waals surface area contributed by atoms with Gasteiger partial charge in [0.05, 0.1) is 6.54 Å². The van der Waals surface area contributed by atoms with E-state index in [9.17, 15) is 9.18 Å². The summed E-state index contributed by atoms with van der Waals surface area (Å²) in [5, 5.41) is 2.63. The van der Waals surface area contributed by atoms with Gasteiger partial charge in [0.25, 0.3) is 5.91 Å². The number of rotatable bonds is 7. The number of para-hydroxylation sites is 1. The zero-order chi connectivity index (χ0) is 16.8. The van der Waals surface area contributed by atoms with Crippen LogP contribution in [-0.4, -0.2) is 32.5 Å². The van der Waals surface area contributed by atoms with Crippen LogP contribution in [0.3, 0.4) is 0 Å². The third-order valence-electron chi connectivity index (χ3n) is 3.23. The predicted molar refractivity (Wildman–Crippen MR) is 83.0 cm³/mol. The number of nitrogens with one attached hydrogen (secondary N) is 1. The van der Waals surface area contributed by atoms with E-state index in [0.29, 0.717) is 23.8 Å². The van der Waals surface area contributed by atoms with Crippen LogP contribution >= 0.6 is 0 Å². The molecule has 24 heavy (non-hydrogen) atoms. The molecule has 6 nitrogen and oxygen atoms in total. The summed E-state index contributed by atoms with van der Waals surface area (Å²) in [7, 11) is 0. The fourth-order valence-electron chi connectivity index (χ4n) is 2.08. The van der Waals surface area contributed by atoms with E-state index in [2.05, 4.69) is 5.32 Å². The molecular formula is C17H16FNO5. The van der Waals surface area contributed by atoms with Gasteiger partial charge >= 0.3 is 0 Å². The van der Waals surface area contributed by atoms with Crippen molar-refractivity contribution in [2.75, 3.05) is 26.6 Å². The van der Waals surface area contributed by atoms with E-state index in [-0.39, 0.29) is 31.7 Å². The lowest BCUT2D eigenvalue weighted by molar-refractivity contribution is -0.123. The second kappa shape index (κ2) is 7.54. The number of halogens is 1. The number of hydrogen-bond acceptors (Lipinski definition) is 5. The molecule has 1 N–H and O–H groups in total. The van der Waals surface area contributed by atoms with Gasteiger partial charge in [-0.3, -0.25) is 4.79 Å². The Labute approximate surface area is 138 Å². The fourth-order valence-corrected chi connectivity index (χ4v) is 2.08. The van der Waals surface area contributed by atoms with Gasteiger partial charge in [-0.15, -0.1) is 0 Å². The molecule has 0 saturated heterocycles. The number of ether oxygens (including phenoxy) is 4. The topological polar surface area (TPSA) is 66.0 Å². The largest absolute Gasteiger partial charge is 0.492 e. The van der Waals surface area contributed by atoms with Crippen LogP contribution in [0.1, 0.15) is 0 Å². The van der Waals surface area contributed by atoms with Crippen LogP contribution in [0.15, 0.2) is 42.5 Å². The summed E-state index contributed by atoms with van der Waals surface area (Å²) in [6.07, 6.45) is 0. The van der Waals surface area contributed by atoms with Gasteiger partial charge in [-0.05, 0) is 24.3 Å². The number of fused-ring (bicyclic) bond motifs is 1. The molecule has 7 heteroatoms. The van der Waals surface area contributed by atoms with Crippen LogP contribution < -0.4 is 24.3 Å². The zero-order valence-electron chi connectivity index (χ0n) is 12.8. The monoisotopic (exact) mass is 333 g/mol. The van der Waals surface area contributed by atoms with E-state index in [1.807, 2.05) is 0 Å². The Hall–Kier alpha value is -2.96. The van der Waals surface area contributed by atoms with Gasteiger partial charge in [0.2, 0.25) is 6.79 Å². The Bertz CT molecular complexity index is 722. The molecule has 0 unspecified atom stereocenters. The first-order valence-corrected chi connectivity index (χ1v) is 7.39. The molecule has 2 aromatic rings. The summed E-state index contributed by atoms with van der Waals surface area (Å²) >= 11 is 0. The fraction of sp³-hybridized carbons (Fsp3) is 0.235. The molecule has 1 heterocycles. The van der Waals surface area contributed by atoms with Gasteiger partial charge < -0.3 is 24.3 Å². The lowest BCUT2D eigenvalue weighted by Crippen LogP contribution is -2.32. The van der Waals surface area contributed by atoms with Crippen molar-refractivity contribution < 1.29 is 28.1 Å². The molecule has 1 amide bonds. The van der Waals surface area contributed by atoms with Crippen LogP contribution in [0, 0.1) is 5.82 Å². The molecule has 3 rings (SSSR count). The first-order chi connectivity index (χ1) is 11.7. The minimum atomic E-state index is -0.503. The standard InChI is InChI=1S/C17H16FNO5/c18-13-3-1-2-4-14(13)22-10-17(20)19-7-8-21-12-5-6-15-16(9-12)24-11-23-15/h1-6,9H,7-8,10-11H2,(H,19,20). The molecule has 126 valence electrons. The van der Waals surface area contributed by atoms with Crippen molar-refractivity contribution in [1.82, 2.24) is 5.32 Å². The summed E-state index contributed by atoms with van der Waals surface area (Å²) in [4.78, 5) is 11.6. The van der Waals surface area contributed by atoms with Crippen LogP contribution in [-0.2, 0) is 4.79 Å². The maximum Gasteiger partial charge on any atom is 0.258 e. The Kier molecular flexibility index (Phi) is 5.00. The molecule has 0 aliphatic carbocycles. The van der Waals surface area contributed by atoms with Gasteiger partial charge in [-0.25, -0.2) is 4.39 Å². The third-order valence-corrected chi connectivity index (χ3v) is 3.23. The molecule has 2 aromatic carbocycles. The molecule has 0 bridgehead atoms. The van der Waals surface area contributed by atoms with E-state index in [4.69, 9.17) is 18.9 Å². The minimum absolute atomic E-state index is 0.0456. The number of carbonyl (C=O) groups excluding carboxylic acids is 1. The van der Waals surface area contributed by atoms with Gasteiger partial charge in [0, 0.05) is 6.07 Å². The van der Waals surface area contributed by atoms with Crippen molar-refractivity contribution in [3.63, 3.8) is 0 Å². The maximum absolute atomic E-state index is 13.3. The highest BCUT2D eigenvalue weighted by atomic mass is 19.1. The Balaban J connectivity index is 1.36. The molecule has 0 fully saturated rings. The van der Waals surface area contributed by atoms with Crippen molar-refractivity contribution in [1.29, 1.82) is 0 Å². The number of amides is 1. The van der Waals surface area contributed by atoms with E-state index in [1.54, 1.807) is 30.3 Å². The summed E-state index contributed by atoms with van der Waals surface area (Å²) in [6.45, 7) is 0.529. The molecular weight excluding hydrogens is 317 g/mol. The average molecular weight is 333 g/mol. The highest BCUT2D eigenvalue weighted by molar-refractivity contribution is 5.77. The Morgan fingerprint density at radius 3 is 2.83 bits per heavy atom. The minimum Gasteiger partial charge on any atom is -0.492 e. The highest BCUT2D eigenvalue weighted by Gasteiger charge is 2.13. The first kappa shape index (κ1) is 15.9. The van der Waals surface area contributed by atoms with Crippen LogP contribution in [0.5, 0.6) is 23.0 Å². The van der Waals surface area contributed by atoms with Gasteiger partial charge in [-0.2, -0.15) is 0 Å². The molecule has 0 radical (unpaired) electrons. The number of hydrogen-bond donors (Lipinski definition) is 1. The van der Waals surface area contributed by atoms with Gasteiger partial charge in [0.15, 0.2) is 29.7 Å². The van der Waals surface area contributed by atoms with Crippen molar-refractivity contribution in [3.05, 3.63) is 48.3 Å². The molecule has 1 aliphatic heterocycles. The highest BCUT2D eigenvalue weighted by Crippen LogP contribution is 2.34. The van der Waals surface area contributed by atoms with Crippen molar-refractivity contribution in [2.45, 2.75) is 0 Å². The lowest BCUT2D eigenvalue weighted by atomic mass is 10.3. The average Bonchev–Trinajstić information content (AvgIpc) is 3.06. The Morgan fingerprint density at radius 2 is 1.96 bits per heavy atom. The first-order valence-electron chi connectivity index (χ1n) is 7.39. The van der Waals surface area contributed by atoms with Crippen molar-refractivity contribution in [2.24, 2.45) is 0 Å². The predicted octanol–water partition coefficient (Wildman–Crippen LogP) is 2.13. The number of benzene rings is 2. The maximum atomic E-state index is 13.3. The quantitative estimate of drug-likeness (QED) is 0.786. The van der Waals surface area contributed by atoms with Crippen LogP contribution in [0.25, 0.3) is 0 Å². The van der Waals surface area contributed by atoms with Gasteiger partial charge in [-0.1, -0.05) is 12.1 Å². The third kappa shape index (κ3) is 4.07. The SMILES string of the molecule is O=C(COc1ccccc1F)NCCOc1ccc2c(c1)OCO2. The summed E-state index contributed by atoms with van der Waals surface area (Å²) in [5.74, 6) is 1.13. The molecule has 0 atom stereocenters. The molecule has 1 aliphatic rings. The smallest absolute Gasteiger partial charge is 0.258 e. The van der Waals surface area contributed by atoms with E-state index in [0.717, 1.165) is 0 Å². The summed E-state index contributed by atoms with van der Waals surface area (Å²) in [6, 6.07) is 11.2. The van der Waals surface area contributed by atoms with Crippen LogP contribution in [0.2, 0.25) is 0 Å².